The number of carbonyl (C=O) groups is 2. The van der Waals surface area contributed by atoms with E-state index in [1.807, 2.05) is 42.5 Å². The van der Waals surface area contributed by atoms with Crippen molar-refractivity contribution in [3.8, 4) is 0 Å². The third kappa shape index (κ3) is 4.55. The molecule has 0 radical (unpaired) electrons. The molecule has 0 saturated carbocycles. The summed E-state index contributed by atoms with van der Waals surface area (Å²) in [7, 11) is 0. The van der Waals surface area contributed by atoms with E-state index in [1.165, 1.54) is 0 Å². The normalized spacial score (nSPS) is 14.2. The summed E-state index contributed by atoms with van der Waals surface area (Å²) in [6, 6.07) is 12.8. The first-order valence-corrected chi connectivity index (χ1v) is 7.86. The van der Waals surface area contributed by atoms with E-state index in [0.29, 0.717) is 0 Å². The Morgan fingerprint density at radius 3 is 2.33 bits per heavy atom. The third-order valence-corrected chi connectivity index (χ3v) is 3.64. The number of hydrogen-bond donors (Lipinski definition) is 2. The molecule has 0 aromatic heterocycles. The molecule has 0 amide bonds. The van der Waals surface area contributed by atoms with Crippen molar-refractivity contribution < 1.29 is 19.4 Å². The quantitative estimate of drug-likeness (QED) is 0.650. The number of fused-ring (bicyclic) bond motifs is 1. The van der Waals surface area contributed by atoms with Crippen molar-refractivity contribution in [2.24, 2.45) is 11.7 Å². The molecule has 0 fully saturated rings. The monoisotopic (exact) mass is 329 g/mol. The standard InChI is InChI=1S/C19H23NO4/c1-19(2,3)24-18(23)16(17(21)22)15(20)11-12-8-9-13-6-4-5-7-14(13)10-12/h4-10,15-16H,11,20H2,1-3H3,(H,21,22)/t15?,16-/m0/s1. The summed E-state index contributed by atoms with van der Waals surface area (Å²) in [4.78, 5) is 23.7. The van der Waals surface area contributed by atoms with Gasteiger partial charge in [0.25, 0.3) is 0 Å². The first kappa shape index (κ1) is 17.9. The summed E-state index contributed by atoms with van der Waals surface area (Å²) in [6.07, 6.45) is 0.279. The number of carboxylic acids is 1. The van der Waals surface area contributed by atoms with Crippen LogP contribution < -0.4 is 5.73 Å². The van der Waals surface area contributed by atoms with Crippen molar-refractivity contribution in [3.63, 3.8) is 0 Å². The van der Waals surface area contributed by atoms with E-state index in [-0.39, 0.29) is 6.42 Å². The molecule has 24 heavy (non-hydrogen) atoms. The third-order valence-electron chi connectivity index (χ3n) is 3.64. The van der Waals surface area contributed by atoms with Gasteiger partial charge >= 0.3 is 11.9 Å². The first-order valence-electron chi connectivity index (χ1n) is 7.86. The minimum Gasteiger partial charge on any atom is -0.481 e. The number of hydrogen-bond acceptors (Lipinski definition) is 4. The molecule has 0 aliphatic heterocycles. The molecule has 5 nitrogen and oxygen atoms in total. The van der Waals surface area contributed by atoms with Gasteiger partial charge in [-0.2, -0.15) is 0 Å². The lowest BCUT2D eigenvalue weighted by molar-refractivity contribution is -0.167. The Morgan fingerprint density at radius 2 is 1.75 bits per heavy atom. The van der Waals surface area contributed by atoms with Crippen molar-refractivity contribution >= 4 is 22.7 Å². The molecule has 2 aromatic carbocycles. The van der Waals surface area contributed by atoms with Crippen LogP contribution in [0, 0.1) is 5.92 Å². The van der Waals surface area contributed by atoms with Gasteiger partial charge in [0, 0.05) is 6.04 Å². The number of carboxylic acid groups (broad SMARTS) is 1. The number of carbonyl (C=O) groups excluding carboxylic acids is 1. The maximum atomic E-state index is 12.2. The van der Waals surface area contributed by atoms with Gasteiger partial charge < -0.3 is 15.6 Å². The Labute approximate surface area is 141 Å². The smallest absolute Gasteiger partial charge is 0.322 e. The second kappa shape index (κ2) is 7.01. The highest BCUT2D eigenvalue weighted by Gasteiger charge is 2.36. The van der Waals surface area contributed by atoms with Crippen molar-refractivity contribution in [1.29, 1.82) is 0 Å². The predicted octanol–water partition coefficient (Wildman–Crippen LogP) is 2.75. The topological polar surface area (TPSA) is 89.6 Å². The molecule has 0 aliphatic rings. The van der Waals surface area contributed by atoms with Gasteiger partial charge in [-0.25, -0.2) is 0 Å². The van der Waals surface area contributed by atoms with Gasteiger partial charge in [-0.3, -0.25) is 9.59 Å². The minimum absolute atomic E-state index is 0.279. The molecule has 0 saturated heterocycles. The molecular weight excluding hydrogens is 306 g/mol. The van der Waals surface area contributed by atoms with Crippen LogP contribution >= 0.6 is 0 Å². The van der Waals surface area contributed by atoms with Crippen LogP contribution in [0.15, 0.2) is 42.5 Å². The molecule has 1 unspecified atom stereocenters. The lowest BCUT2D eigenvalue weighted by Gasteiger charge is -2.25. The molecule has 2 atom stereocenters. The van der Waals surface area contributed by atoms with Crippen LogP contribution in [-0.2, 0) is 20.7 Å². The largest absolute Gasteiger partial charge is 0.481 e. The molecule has 0 heterocycles. The summed E-state index contributed by atoms with van der Waals surface area (Å²) in [5.74, 6) is -3.46. The van der Waals surface area contributed by atoms with Crippen LogP contribution in [0.5, 0.6) is 0 Å². The maximum absolute atomic E-state index is 12.2. The van der Waals surface area contributed by atoms with E-state index < -0.39 is 29.5 Å². The zero-order valence-corrected chi connectivity index (χ0v) is 14.2. The summed E-state index contributed by atoms with van der Waals surface area (Å²) in [5.41, 5.74) is 6.16. The number of aliphatic carboxylic acids is 1. The van der Waals surface area contributed by atoms with E-state index in [9.17, 15) is 14.7 Å². The van der Waals surface area contributed by atoms with Crippen LogP contribution in [0.2, 0.25) is 0 Å². The number of rotatable bonds is 5. The zero-order valence-electron chi connectivity index (χ0n) is 14.2. The highest BCUT2D eigenvalue weighted by molar-refractivity contribution is 5.95. The molecule has 3 N–H and O–H groups in total. The molecule has 0 aliphatic carbocycles. The second-order valence-electron chi connectivity index (χ2n) is 6.90. The van der Waals surface area contributed by atoms with Gasteiger partial charge in [-0.05, 0) is 43.5 Å². The van der Waals surface area contributed by atoms with Gasteiger partial charge in [0.2, 0.25) is 0 Å². The highest BCUT2D eigenvalue weighted by Crippen LogP contribution is 2.20. The fourth-order valence-electron chi connectivity index (χ4n) is 2.58. The summed E-state index contributed by atoms with van der Waals surface area (Å²) < 4.78 is 5.19. The number of nitrogens with two attached hydrogens (primary N) is 1. The predicted molar refractivity (Wildman–Crippen MR) is 92.6 cm³/mol. The summed E-state index contributed by atoms with van der Waals surface area (Å²) in [6.45, 7) is 5.08. The Hall–Kier alpha value is -2.40. The molecule has 2 aromatic rings. The highest BCUT2D eigenvalue weighted by atomic mass is 16.6. The van der Waals surface area contributed by atoms with Crippen LogP contribution in [0.4, 0.5) is 0 Å². The van der Waals surface area contributed by atoms with Gasteiger partial charge in [0.1, 0.15) is 5.60 Å². The fourth-order valence-corrected chi connectivity index (χ4v) is 2.58. The van der Waals surface area contributed by atoms with Gasteiger partial charge in [-0.15, -0.1) is 0 Å². The molecule has 0 spiro atoms. The second-order valence-corrected chi connectivity index (χ2v) is 6.90. The Morgan fingerprint density at radius 1 is 1.12 bits per heavy atom. The Bertz CT molecular complexity index is 748. The Kier molecular flexibility index (Phi) is 5.24. The van der Waals surface area contributed by atoms with E-state index in [2.05, 4.69) is 0 Å². The minimum atomic E-state index is -1.39. The lowest BCUT2D eigenvalue weighted by atomic mass is 9.93. The van der Waals surface area contributed by atoms with E-state index in [1.54, 1.807) is 20.8 Å². The lowest BCUT2D eigenvalue weighted by Crippen LogP contribution is -2.45. The maximum Gasteiger partial charge on any atom is 0.322 e. The Balaban J connectivity index is 2.18. The van der Waals surface area contributed by atoms with Gasteiger partial charge in [0.05, 0.1) is 0 Å². The van der Waals surface area contributed by atoms with Crippen molar-refractivity contribution in [3.05, 3.63) is 48.0 Å². The zero-order chi connectivity index (χ0) is 17.9. The van der Waals surface area contributed by atoms with Crippen LogP contribution in [0.3, 0.4) is 0 Å². The average molecular weight is 329 g/mol. The van der Waals surface area contributed by atoms with E-state index in [0.717, 1.165) is 16.3 Å². The number of ether oxygens (including phenoxy) is 1. The number of benzene rings is 2. The van der Waals surface area contributed by atoms with Gasteiger partial charge in [-0.1, -0.05) is 42.5 Å². The van der Waals surface area contributed by atoms with Gasteiger partial charge in [0.15, 0.2) is 5.92 Å². The molecule has 5 heteroatoms. The van der Waals surface area contributed by atoms with Crippen LogP contribution in [0.25, 0.3) is 10.8 Å². The van der Waals surface area contributed by atoms with E-state index >= 15 is 0 Å². The number of esters is 1. The van der Waals surface area contributed by atoms with Crippen LogP contribution in [-0.4, -0.2) is 28.7 Å². The molecule has 128 valence electrons. The van der Waals surface area contributed by atoms with Crippen molar-refractivity contribution in [2.45, 2.75) is 38.8 Å². The van der Waals surface area contributed by atoms with Crippen molar-refractivity contribution in [1.82, 2.24) is 0 Å². The average Bonchev–Trinajstić information content (AvgIpc) is 2.44. The molecular formula is C19H23NO4. The SMILES string of the molecule is CC(C)(C)OC(=O)[C@H](C(=O)O)C(N)Cc1ccc2ccccc2c1. The van der Waals surface area contributed by atoms with Crippen molar-refractivity contribution in [2.75, 3.05) is 0 Å². The fraction of sp³-hybridized carbons (Fsp3) is 0.368. The van der Waals surface area contributed by atoms with E-state index in [4.69, 9.17) is 10.5 Å². The molecule has 2 rings (SSSR count). The first-order chi connectivity index (χ1) is 11.2. The molecule has 0 bridgehead atoms. The summed E-state index contributed by atoms with van der Waals surface area (Å²) in [5, 5.41) is 11.5. The summed E-state index contributed by atoms with van der Waals surface area (Å²) >= 11 is 0. The van der Waals surface area contributed by atoms with Crippen LogP contribution in [0.1, 0.15) is 26.3 Å².